The first-order valence-electron chi connectivity index (χ1n) is 15.9. The van der Waals surface area contributed by atoms with Crippen LogP contribution in [0.5, 0.6) is 0 Å². The number of rotatable bonds is 8. The van der Waals surface area contributed by atoms with Gasteiger partial charge in [-0.25, -0.2) is 14.0 Å². The number of carboxylic acid groups (broad SMARTS) is 1. The summed E-state index contributed by atoms with van der Waals surface area (Å²) in [4.78, 5) is 53.6. The maximum Gasteiger partial charge on any atom is 0.407 e. The van der Waals surface area contributed by atoms with Gasteiger partial charge in [-0.3, -0.25) is 9.59 Å². The largest absolute Gasteiger partial charge is 0.477 e. The van der Waals surface area contributed by atoms with E-state index in [0.717, 1.165) is 11.1 Å². The van der Waals surface area contributed by atoms with Gasteiger partial charge in [0.15, 0.2) is 0 Å². The number of ether oxygens (including phenoxy) is 1. The molecule has 3 aromatic rings. The lowest BCUT2D eigenvalue weighted by Crippen LogP contribution is -2.49. The summed E-state index contributed by atoms with van der Waals surface area (Å²) < 4.78 is 20.9. The van der Waals surface area contributed by atoms with E-state index in [2.05, 4.69) is 10.6 Å². The molecule has 1 unspecified atom stereocenters. The van der Waals surface area contributed by atoms with E-state index in [1.165, 1.54) is 0 Å². The number of aromatic carboxylic acids is 1. The topological polar surface area (TPSA) is 130 Å². The van der Waals surface area contributed by atoms with E-state index in [4.69, 9.17) is 4.74 Å². The first-order chi connectivity index (χ1) is 21.9. The molecule has 1 aromatic heterocycles. The number of halogens is 1. The molecule has 3 amide bonds. The van der Waals surface area contributed by atoms with Crippen LogP contribution in [0.4, 0.5) is 14.9 Å². The summed E-state index contributed by atoms with van der Waals surface area (Å²) in [7, 11) is 1.68. The Kier molecular flexibility index (Phi) is 9.69. The molecule has 1 saturated carbocycles. The number of hydrogen-bond donors (Lipinski definition) is 3. The second-order valence-corrected chi connectivity index (χ2v) is 13.5. The Labute approximate surface area is 268 Å². The van der Waals surface area contributed by atoms with E-state index in [-0.39, 0.29) is 35.3 Å². The van der Waals surface area contributed by atoms with Gasteiger partial charge < -0.3 is 29.9 Å². The lowest BCUT2D eigenvalue weighted by atomic mass is 9.78. The van der Waals surface area contributed by atoms with Gasteiger partial charge in [0.05, 0.1) is 6.04 Å². The number of carboxylic acids is 1. The van der Waals surface area contributed by atoms with Gasteiger partial charge in [-0.2, -0.15) is 0 Å². The van der Waals surface area contributed by atoms with Crippen molar-refractivity contribution in [2.24, 2.45) is 18.9 Å². The van der Waals surface area contributed by atoms with Gasteiger partial charge in [-0.05, 0) is 88.6 Å². The molecule has 0 bridgehead atoms. The predicted molar refractivity (Wildman–Crippen MR) is 172 cm³/mol. The van der Waals surface area contributed by atoms with Crippen LogP contribution in [-0.2, 0) is 21.4 Å². The fraction of sp³-hybridized carbons (Fsp3) is 0.486. The third kappa shape index (κ3) is 7.18. The highest BCUT2D eigenvalue weighted by Gasteiger charge is 2.45. The predicted octanol–water partition coefficient (Wildman–Crippen LogP) is 5.87. The minimum absolute atomic E-state index is 0.0847. The number of aryl methyl sites for hydroxylation is 1. The smallest absolute Gasteiger partial charge is 0.407 e. The van der Waals surface area contributed by atoms with Gasteiger partial charge in [0, 0.05) is 42.0 Å². The van der Waals surface area contributed by atoms with E-state index >= 15 is 0 Å². The summed E-state index contributed by atoms with van der Waals surface area (Å²) in [5, 5.41) is 15.9. The SMILES string of the molecule is Cn1c(C(=O)O)cc2cc(NC(=O)[C@@H]3[C@@H](c4ccccc4)CCN3C(=O)[C@H]3CC[C@H](C(CF)NC(=O)OC(C)(C)C)CC3)ccc21. The van der Waals surface area contributed by atoms with Crippen LogP contribution >= 0.6 is 0 Å². The molecule has 46 heavy (non-hydrogen) atoms. The molecule has 3 N–H and O–H groups in total. The number of fused-ring (bicyclic) bond motifs is 1. The number of aromatic nitrogens is 1. The second kappa shape index (κ2) is 13.5. The Morgan fingerprint density at radius 1 is 1.00 bits per heavy atom. The fourth-order valence-electron chi connectivity index (χ4n) is 7.01. The van der Waals surface area contributed by atoms with Crippen molar-refractivity contribution in [3.63, 3.8) is 0 Å². The molecule has 2 heterocycles. The maximum absolute atomic E-state index is 14.0. The Morgan fingerprint density at radius 3 is 2.33 bits per heavy atom. The quantitative estimate of drug-likeness (QED) is 0.284. The molecule has 3 atom stereocenters. The Bertz CT molecular complexity index is 1590. The maximum atomic E-state index is 14.0. The summed E-state index contributed by atoms with van der Waals surface area (Å²) in [6.45, 7) is 4.97. The van der Waals surface area contributed by atoms with E-state index in [1.807, 2.05) is 30.3 Å². The zero-order chi connectivity index (χ0) is 33.2. The van der Waals surface area contributed by atoms with Gasteiger partial charge in [-0.1, -0.05) is 30.3 Å². The number of benzene rings is 2. The van der Waals surface area contributed by atoms with Crippen LogP contribution in [0.25, 0.3) is 10.9 Å². The van der Waals surface area contributed by atoms with Crippen LogP contribution in [0.15, 0.2) is 54.6 Å². The highest BCUT2D eigenvalue weighted by molar-refractivity contribution is 6.01. The molecule has 246 valence electrons. The molecule has 0 radical (unpaired) electrons. The third-order valence-corrected chi connectivity index (χ3v) is 9.26. The van der Waals surface area contributed by atoms with Gasteiger partial charge >= 0.3 is 12.1 Å². The minimum atomic E-state index is -1.04. The van der Waals surface area contributed by atoms with Crippen molar-refractivity contribution < 1.29 is 33.4 Å². The average molecular weight is 635 g/mol. The van der Waals surface area contributed by atoms with Crippen molar-refractivity contribution in [3.8, 4) is 0 Å². The van der Waals surface area contributed by atoms with Crippen LogP contribution in [0.1, 0.15) is 74.8 Å². The molecular formula is C35H43FN4O6. The van der Waals surface area contributed by atoms with Crippen LogP contribution in [0, 0.1) is 11.8 Å². The summed E-state index contributed by atoms with van der Waals surface area (Å²) in [5.74, 6) is -2.05. The van der Waals surface area contributed by atoms with Crippen molar-refractivity contribution in [1.29, 1.82) is 0 Å². The highest BCUT2D eigenvalue weighted by Crippen LogP contribution is 2.39. The van der Waals surface area contributed by atoms with Crippen molar-refractivity contribution in [3.05, 3.63) is 65.9 Å². The van der Waals surface area contributed by atoms with Crippen LogP contribution < -0.4 is 10.6 Å². The number of nitrogens with one attached hydrogen (secondary N) is 2. The van der Waals surface area contributed by atoms with Gasteiger partial charge in [0.25, 0.3) is 0 Å². The number of carbonyl (C=O) groups is 4. The van der Waals surface area contributed by atoms with Gasteiger partial charge in [0.2, 0.25) is 11.8 Å². The van der Waals surface area contributed by atoms with Crippen molar-refractivity contribution in [2.75, 3.05) is 18.5 Å². The Balaban J connectivity index is 1.30. The minimum Gasteiger partial charge on any atom is -0.477 e. The molecule has 1 aliphatic carbocycles. The third-order valence-electron chi connectivity index (χ3n) is 9.26. The van der Waals surface area contributed by atoms with Crippen molar-refractivity contribution in [2.45, 2.75) is 76.5 Å². The molecular weight excluding hydrogens is 591 g/mol. The van der Waals surface area contributed by atoms with Gasteiger partial charge in [0.1, 0.15) is 24.0 Å². The van der Waals surface area contributed by atoms with Crippen molar-refractivity contribution in [1.82, 2.24) is 14.8 Å². The average Bonchev–Trinajstić information content (AvgIpc) is 3.61. The van der Waals surface area contributed by atoms with Crippen LogP contribution in [0.3, 0.4) is 0 Å². The van der Waals surface area contributed by atoms with E-state index in [0.29, 0.717) is 49.7 Å². The monoisotopic (exact) mass is 634 g/mol. The lowest BCUT2D eigenvalue weighted by molar-refractivity contribution is -0.141. The lowest BCUT2D eigenvalue weighted by Gasteiger charge is -2.36. The number of hydrogen-bond acceptors (Lipinski definition) is 5. The molecule has 2 aliphatic rings. The molecule has 1 saturated heterocycles. The summed E-state index contributed by atoms with van der Waals surface area (Å²) in [6.07, 6.45) is 2.19. The van der Waals surface area contributed by atoms with Gasteiger partial charge in [-0.15, -0.1) is 0 Å². The summed E-state index contributed by atoms with van der Waals surface area (Å²) >= 11 is 0. The summed E-state index contributed by atoms with van der Waals surface area (Å²) in [5.41, 5.74) is 1.67. The highest BCUT2D eigenvalue weighted by atomic mass is 19.1. The Hall–Kier alpha value is -4.41. The molecule has 11 heteroatoms. The number of nitrogens with zero attached hydrogens (tertiary/aromatic N) is 2. The standard InChI is InChI=1S/C35H43FN4O6/c1-35(2,3)46-34(45)38-27(20-36)22-10-12-23(13-11-22)32(42)40-17-16-26(21-8-6-5-7-9-21)30(40)31(41)37-25-14-15-28-24(18-25)19-29(33(43)44)39(28)4/h5-9,14-15,18-19,22-23,26-27,30H,10-13,16-17,20H2,1-4H3,(H,37,41)(H,38,45)(H,43,44)/t22-,23-,26-,27?,30+/m1/s1. The second-order valence-electron chi connectivity index (χ2n) is 13.5. The number of anilines is 1. The van der Waals surface area contributed by atoms with E-state index in [1.54, 1.807) is 61.6 Å². The number of alkyl halides is 1. The normalized spacial score (nSPS) is 22.3. The Morgan fingerprint density at radius 2 is 1.70 bits per heavy atom. The number of amides is 3. The van der Waals surface area contributed by atoms with E-state index in [9.17, 15) is 28.7 Å². The zero-order valence-corrected chi connectivity index (χ0v) is 26.8. The summed E-state index contributed by atoms with van der Waals surface area (Å²) in [6, 6.07) is 15.1. The van der Waals surface area contributed by atoms with Crippen LogP contribution in [0.2, 0.25) is 0 Å². The molecule has 10 nitrogen and oxygen atoms in total. The number of alkyl carbamates (subject to hydrolysis) is 1. The molecule has 0 spiro atoms. The molecule has 2 aromatic carbocycles. The van der Waals surface area contributed by atoms with Crippen molar-refractivity contribution >= 4 is 40.5 Å². The first kappa shape index (κ1) is 33.0. The fourth-order valence-corrected chi connectivity index (χ4v) is 7.01. The first-order valence-corrected chi connectivity index (χ1v) is 15.9. The van der Waals surface area contributed by atoms with E-state index < -0.39 is 36.4 Å². The molecule has 2 fully saturated rings. The zero-order valence-electron chi connectivity index (χ0n) is 26.8. The number of likely N-dealkylation sites (tertiary alicyclic amines) is 1. The van der Waals surface area contributed by atoms with Crippen LogP contribution in [-0.4, -0.2) is 69.4 Å². The number of carbonyl (C=O) groups excluding carboxylic acids is 3. The molecule has 1 aliphatic heterocycles. The molecule has 5 rings (SSSR count).